The Morgan fingerprint density at radius 3 is 3.12 bits per heavy atom. The summed E-state index contributed by atoms with van der Waals surface area (Å²) >= 11 is 0. The Kier molecular flexibility index (Phi) is 2.07. The number of aromatic nitrogens is 1. The monoisotopic (exact) mass is 215 g/mol. The number of aryl methyl sites for hydroxylation is 1. The molecule has 16 heavy (non-hydrogen) atoms. The minimum atomic E-state index is 0.118. The van der Waals surface area contributed by atoms with E-state index in [9.17, 15) is 4.79 Å². The predicted molar refractivity (Wildman–Crippen MR) is 62.7 cm³/mol. The number of aromatic amines is 1. The molecule has 0 bridgehead atoms. The van der Waals surface area contributed by atoms with Crippen molar-refractivity contribution < 1.29 is 4.74 Å². The smallest absolute Gasteiger partial charge is 0.195 e. The van der Waals surface area contributed by atoms with Crippen LogP contribution in [0.5, 0.6) is 0 Å². The largest absolute Gasteiger partial charge is 0.376 e. The molecular weight excluding hydrogens is 202 g/mol. The lowest BCUT2D eigenvalue weighted by Crippen LogP contribution is -2.21. The summed E-state index contributed by atoms with van der Waals surface area (Å²) in [7, 11) is 0. The van der Waals surface area contributed by atoms with E-state index in [1.165, 1.54) is 0 Å². The average molecular weight is 215 g/mol. The Labute approximate surface area is 93.1 Å². The van der Waals surface area contributed by atoms with Crippen LogP contribution in [0.15, 0.2) is 23.0 Å². The van der Waals surface area contributed by atoms with Crippen molar-refractivity contribution in [2.24, 2.45) is 0 Å². The first kappa shape index (κ1) is 9.60. The van der Waals surface area contributed by atoms with Crippen LogP contribution in [0.4, 0.5) is 0 Å². The second-order valence-corrected chi connectivity index (χ2v) is 4.26. The molecule has 1 N–H and O–H groups in total. The maximum atomic E-state index is 12.2. The van der Waals surface area contributed by atoms with Gasteiger partial charge in [-0.2, -0.15) is 0 Å². The van der Waals surface area contributed by atoms with Crippen molar-refractivity contribution in [2.45, 2.75) is 20.0 Å². The van der Waals surface area contributed by atoms with Gasteiger partial charge in [0.2, 0.25) is 0 Å². The van der Waals surface area contributed by atoms with Crippen molar-refractivity contribution in [3.05, 3.63) is 45.2 Å². The van der Waals surface area contributed by atoms with Crippen LogP contribution in [-0.4, -0.2) is 11.6 Å². The first-order valence-corrected chi connectivity index (χ1v) is 5.48. The Balaban J connectivity index is 2.40. The molecule has 3 nitrogen and oxygen atoms in total. The van der Waals surface area contributed by atoms with Crippen LogP contribution in [0, 0.1) is 6.92 Å². The second-order valence-electron chi connectivity index (χ2n) is 4.26. The van der Waals surface area contributed by atoms with Crippen molar-refractivity contribution in [3.8, 4) is 0 Å². The molecule has 1 aromatic carbocycles. The minimum absolute atomic E-state index is 0.118. The van der Waals surface area contributed by atoms with Gasteiger partial charge in [-0.25, -0.2) is 0 Å². The normalized spacial score (nSPS) is 15.1. The summed E-state index contributed by atoms with van der Waals surface area (Å²) in [6.07, 6.45) is 0.800. The first-order chi connectivity index (χ1) is 7.75. The van der Waals surface area contributed by atoms with Gasteiger partial charge in [0.1, 0.15) is 0 Å². The molecule has 0 spiro atoms. The molecule has 0 atom stereocenters. The van der Waals surface area contributed by atoms with Crippen LogP contribution in [0.25, 0.3) is 10.9 Å². The maximum Gasteiger partial charge on any atom is 0.195 e. The van der Waals surface area contributed by atoms with Gasteiger partial charge in [0, 0.05) is 28.6 Å². The summed E-state index contributed by atoms with van der Waals surface area (Å²) < 4.78 is 5.34. The fourth-order valence-corrected chi connectivity index (χ4v) is 2.21. The third-order valence-corrected chi connectivity index (χ3v) is 3.09. The molecular formula is C13H13NO2. The number of hydrogen-bond donors (Lipinski definition) is 1. The highest BCUT2D eigenvalue weighted by atomic mass is 16.5. The summed E-state index contributed by atoms with van der Waals surface area (Å²) in [5, 5.41) is 0.768. The predicted octanol–water partition coefficient (Wildman–Crippen LogP) is 1.91. The zero-order valence-electron chi connectivity index (χ0n) is 9.17. The number of benzene rings is 1. The molecule has 2 aromatic rings. The second kappa shape index (κ2) is 3.46. The highest BCUT2D eigenvalue weighted by Crippen LogP contribution is 2.17. The quantitative estimate of drug-likeness (QED) is 0.729. The number of hydrogen-bond acceptors (Lipinski definition) is 2. The molecule has 0 saturated carbocycles. The molecule has 1 aromatic heterocycles. The van der Waals surface area contributed by atoms with E-state index in [1.54, 1.807) is 0 Å². The van der Waals surface area contributed by atoms with Crippen molar-refractivity contribution in [1.82, 2.24) is 4.98 Å². The Morgan fingerprint density at radius 2 is 2.25 bits per heavy atom. The van der Waals surface area contributed by atoms with E-state index >= 15 is 0 Å². The van der Waals surface area contributed by atoms with Crippen LogP contribution < -0.4 is 5.43 Å². The van der Waals surface area contributed by atoms with Gasteiger partial charge < -0.3 is 9.72 Å². The lowest BCUT2D eigenvalue weighted by molar-refractivity contribution is 0.109. The van der Waals surface area contributed by atoms with Gasteiger partial charge in [-0.1, -0.05) is 11.6 Å². The van der Waals surface area contributed by atoms with Crippen LogP contribution in [0.1, 0.15) is 16.8 Å². The number of nitrogens with one attached hydrogen (secondary N) is 1. The van der Waals surface area contributed by atoms with Gasteiger partial charge in [-0.3, -0.25) is 4.79 Å². The molecule has 0 amide bonds. The molecule has 1 aliphatic heterocycles. The number of fused-ring (bicyclic) bond motifs is 2. The van der Waals surface area contributed by atoms with E-state index in [1.807, 2.05) is 25.1 Å². The summed E-state index contributed by atoms with van der Waals surface area (Å²) in [6, 6.07) is 5.93. The molecule has 2 heterocycles. The van der Waals surface area contributed by atoms with E-state index in [0.717, 1.165) is 34.1 Å². The van der Waals surface area contributed by atoms with Gasteiger partial charge in [0.15, 0.2) is 5.43 Å². The molecule has 0 aliphatic carbocycles. The molecule has 0 saturated heterocycles. The molecule has 0 fully saturated rings. The van der Waals surface area contributed by atoms with Crippen molar-refractivity contribution in [1.29, 1.82) is 0 Å². The Morgan fingerprint density at radius 1 is 1.38 bits per heavy atom. The van der Waals surface area contributed by atoms with Gasteiger partial charge >= 0.3 is 0 Å². The molecule has 0 radical (unpaired) electrons. The number of H-pyrrole nitrogens is 1. The minimum Gasteiger partial charge on any atom is -0.376 e. The van der Waals surface area contributed by atoms with Crippen LogP contribution >= 0.6 is 0 Å². The lowest BCUT2D eigenvalue weighted by atomic mass is 10.0. The molecule has 3 heteroatoms. The molecule has 82 valence electrons. The van der Waals surface area contributed by atoms with E-state index < -0.39 is 0 Å². The van der Waals surface area contributed by atoms with Gasteiger partial charge in [-0.15, -0.1) is 0 Å². The zero-order chi connectivity index (χ0) is 11.1. The highest BCUT2D eigenvalue weighted by molar-refractivity contribution is 5.80. The topological polar surface area (TPSA) is 42.1 Å². The maximum absolute atomic E-state index is 12.2. The van der Waals surface area contributed by atoms with E-state index in [4.69, 9.17) is 4.74 Å². The van der Waals surface area contributed by atoms with E-state index in [2.05, 4.69) is 4.98 Å². The average Bonchev–Trinajstić information content (AvgIpc) is 2.31. The number of ether oxygens (including phenoxy) is 1. The first-order valence-electron chi connectivity index (χ1n) is 5.48. The third kappa shape index (κ3) is 1.36. The van der Waals surface area contributed by atoms with Crippen LogP contribution in [-0.2, 0) is 17.8 Å². The van der Waals surface area contributed by atoms with Gasteiger partial charge in [0.05, 0.1) is 13.2 Å². The number of pyridine rings is 1. The van der Waals surface area contributed by atoms with Crippen LogP contribution in [0.2, 0.25) is 0 Å². The summed E-state index contributed by atoms with van der Waals surface area (Å²) in [5.74, 6) is 0. The molecule has 1 aliphatic rings. The Bertz CT molecular complexity index is 613. The zero-order valence-corrected chi connectivity index (χ0v) is 9.17. The molecule has 0 unspecified atom stereocenters. The van der Waals surface area contributed by atoms with Crippen LogP contribution in [0.3, 0.4) is 0 Å². The van der Waals surface area contributed by atoms with Crippen molar-refractivity contribution in [3.63, 3.8) is 0 Å². The highest BCUT2D eigenvalue weighted by Gasteiger charge is 2.15. The van der Waals surface area contributed by atoms with Gasteiger partial charge in [0.25, 0.3) is 0 Å². The summed E-state index contributed by atoms with van der Waals surface area (Å²) in [5.41, 5.74) is 3.98. The van der Waals surface area contributed by atoms with Gasteiger partial charge in [-0.05, 0) is 19.1 Å². The third-order valence-electron chi connectivity index (χ3n) is 3.09. The van der Waals surface area contributed by atoms with Crippen molar-refractivity contribution >= 4 is 10.9 Å². The standard InChI is InChI=1S/C13H13NO2/c1-8-2-3-11-9(6-8)13(15)10-7-16-5-4-12(10)14-11/h2-3,6H,4-5,7H2,1H3,(H,14,15). The van der Waals surface area contributed by atoms with Crippen molar-refractivity contribution in [2.75, 3.05) is 6.61 Å². The summed E-state index contributed by atoms with van der Waals surface area (Å²) in [6.45, 7) is 3.13. The van der Waals surface area contributed by atoms with E-state index in [0.29, 0.717) is 13.2 Å². The SMILES string of the molecule is Cc1ccc2[nH]c3c(c(=O)c2c1)COCC3. The molecule has 3 rings (SSSR count). The Hall–Kier alpha value is -1.61. The summed E-state index contributed by atoms with van der Waals surface area (Å²) in [4.78, 5) is 15.6. The fraction of sp³-hybridized carbons (Fsp3) is 0.308. The van der Waals surface area contributed by atoms with E-state index in [-0.39, 0.29) is 5.43 Å². The lowest BCUT2D eigenvalue weighted by Gasteiger charge is -2.16. The fourth-order valence-electron chi connectivity index (χ4n) is 2.21. The number of rotatable bonds is 0.